The highest BCUT2D eigenvalue weighted by molar-refractivity contribution is 6.21. The number of unbranched alkanes of at least 4 members (excludes halogenated alkanes) is 1. The van der Waals surface area contributed by atoms with Crippen molar-refractivity contribution in [2.75, 3.05) is 0 Å². The highest BCUT2D eigenvalue weighted by atomic mass is 35.5. The van der Waals surface area contributed by atoms with Crippen molar-refractivity contribution in [3.8, 4) is 0 Å². The highest BCUT2D eigenvalue weighted by Gasteiger charge is 2.40. The van der Waals surface area contributed by atoms with Crippen molar-refractivity contribution in [1.82, 2.24) is 0 Å². The molecule has 1 fully saturated rings. The van der Waals surface area contributed by atoms with Gasteiger partial charge in [-0.1, -0.05) is 35.9 Å². The summed E-state index contributed by atoms with van der Waals surface area (Å²) in [5, 5.41) is 19.1. The van der Waals surface area contributed by atoms with E-state index in [0.717, 1.165) is 25.7 Å². The predicted molar refractivity (Wildman–Crippen MR) is 107 cm³/mol. The summed E-state index contributed by atoms with van der Waals surface area (Å²) in [7, 11) is 0. The standard InChI is InChI=1S/C22H31ClO3/c1-15-9-10-17(16(2)13-15)11-12-19-18(20(23)14-21(19)24)7-5-3-4-6-8-22(25)26/h3,5,9-10,13,18-21,24H,4,6-8,11-12,14H2,1-2H3,(H,25,26)/b5-3-/t18-,19-,20-,21-/m1/s1. The Bertz CT molecular complexity index is 626. The maximum absolute atomic E-state index is 10.5. The minimum absolute atomic E-state index is 0.0118. The fourth-order valence-electron chi connectivity index (χ4n) is 4.05. The average molecular weight is 379 g/mol. The van der Waals surface area contributed by atoms with Crippen molar-refractivity contribution in [1.29, 1.82) is 0 Å². The Hall–Kier alpha value is -1.32. The minimum Gasteiger partial charge on any atom is -0.481 e. The SMILES string of the molecule is Cc1ccc(CC[C@@H]2[C@@H](C/C=C\CCCC(=O)O)[C@H](Cl)C[C@H]2O)c(C)c1. The molecule has 4 atom stereocenters. The fraction of sp³-hybridized carbons (Fsp3) is 0.591. The minimum atomic E-state index is -0.746. The van der Waals surface area contributed by atoms with Crippen molar-refractivity contribution >= 4 is 17.6 Å². The molecule has 0 aromatic heterocycles. The summed E-state index contributed by atoms with van der Waals surface area (Å²) in [6.07, 6.45) is 8.94. The molecule has 1 aliphatic carbocycles. The normalized spacial score (nSPS) is 25.8. The number of allylic oxidation sites excluding steroid dienone is 2. The van der Waals surface area contributed by atoms with Crippen LogP contribution in [0.1, 0.15) is 55.2 Å². The van der Waals surface area contributed by atoms with Crippen LogP contribution in [0.5, 0.6) is 0 Å². The van der Waals surface area contributed by atoms with Crippen molar-refractivity contribution in [2.45, 2.75) is 70.3 Å². The van der Waals surface area contributed by atoms with Crippen molar-refractivity contribution in [2.24, 2.45) is 11.8 Å². The van der Waals surface area contributed by atoms with E-state index in [-0.39, 0.29) is 29.7 Å². The Kier molecular flexibility index (Phi) is 8.17. The van der Waals surface area contributed by atoms with Gasteiger partial charge in [0.15, 0.2) is 0 Å². The first kappa shape index (κ1) is 21.0. The van der Waals surface area contributed by atoms with Crippen molar-refractivity contribution < 1.29 is 15.0 Å². The average Bonchev–Trinajstić information content (AvgIpc) is 2.83. The molecule has 1 saturated carbocycles. The van der Waals surface area contributed by atoms with Gasteiger partial charge in [0.05, 0.1) is 6.10 Å². The van der Waals surface area contributed by atoms with Crippen LogP contribution in [0, 0.1) is 25.7 Å². The van der Waals surface area contributed by atoms with E-state index in [1.54, 1.807) is 0 Å². The molecule has 0 bridgehead atoms. The van der Waals surface area contributed by atoms with Gasteiger partial charge in [0.25, 0.3) is 0 Å². The van der Waals surface area contributed by atoms with Gasteiger partial charge in [0.1, 0.15) is 0 Å². The van der Waals surface area contributed by atoms with Crippen LogP contribution in [0.3, 0.4) is 0 Å². The van der Waals surface area contributed by atoms with E-state index >= 15 is 0 Å². The third kappa shape index (κ3) is 6.14. The molecule has 0 amide bonds. The molecule has 4 heteroatoms. The zero-order valence-electron chi connectivity index (χ0n) is 15.8. The Labute approximate surface area is 162 Å². The number of alkyl halides is 1. The summed E-state index contributed by atoms with van der Waals surface area (Å²) in [6.45, 7) is 4.25. The lowest BCUT2D eigenvalue weighted by atomic mass is 9.86. The maximum atomic E-state index is 10.5. The van der Waals surface area contributed by atoms with E-state index in [1.807, 2.05) is 0 Å². The number of aliphatic hydroxyl groups excluding tert-OH is 1. The molecule has 2 rings (SSSR count). The van der Waals surface area contributed by atoms with E-state index in [2.05, 4.69) is 44.2 Å². The van der Waals surface area contributed by atoms with Gasteiger partial charge >= 0.3 is 5.97 Å². The first-order valence-corrected chi connectivity index (χ1v) is 10.1. The van der Waals surface area contributed by atoms with Gasteiger partial charge in [-0.2, -0.15) is 0 Å². The van der Waals surface area contributed by atoms with Gasteiger partial charge in [-0.3, -0.25) is 4.79 Å². The molecule has 1 aliphatic rings. The predicted octanol–water partition coefficient (Wildman–Crippen LogP) is 5.04. The summed E-state index contributed by atoms with van der Waals surface area (Å²) in [5.74, 6) is -0.236. The highest BCUT2D eigenvalue weighted by Crippen LogP contribution is 2.41. The van der Waals surface area contributed by atoms with Crippen LogP contribution in [-0.2, 0) is 11.2 Å². The number of rotatable bonds is 9. The van der Waals surface area contributed by atoms with Gasteiger partial charge in [-0.15, -0.1) is 11.6 Å². The Morgan fingerprint density at radius 2 is 2.04 bits per heavy atom. The molecular weight excluding hydrogens is 348 g/mol. The third-order valence-corrected chi connectivity index (χ3v) is 6.06. The number of hydrogen-bond donors (Lipinski definition) is 2. The molecular formula is C22H31ClO3. The lowest BCUT2D eigenvalue weighted by Crippen LogP contribution is -2.21. The largest absolute Gasteiger partial charge is 0.481 e. The van der Waals surface area contributed by atoms with E-state index in [4.69, 9.17) is 16.7 Å². The lowest BCUT2D eigenvalue weighted by Gasteiger charge is -2.23. The second-order valence-corrected chi connectivity index (χ2v) is 8.17. The molecule has 3 nitrogen and oxygen atoms in total. The summed E-state index contributed by atoms with van der Waals surface area (Å²) in [6, 6.07) is 6.55. The number of aryl methyl sites for hydroxylation is 3. The number of hydrogen-bond acceptors (Lipinski definition) is 2. The van der Waals surface area contributed by atoms with Gasteiger partial charge in [0, 0.05) is 11.8 Å². The lowest BCUT2D eigenvalue weighted by molar-refractivity contribution is -0.137. The van der Waals surface area contributed by atoms with Crippen LogP contribution in [0.2, 0.25) is 0 Å². The molecule has 1 aromatic rings. The molecule has 0 radical (unpaired) electrons. The van der Waals surface area contributed by atoms with Crippen LogP contribution in [0.4, 0.5) is 0 Å². The second kappa shape index (κ2) is 10.1. The zero-order chi connectivity index (χ0) is 19.1. The molecule has 26 heavy (non-hydrogen) atoms. The van der Waals surface area contributed by atoms with Gasteiger partial charge in [0.2, 0.25) is 0 Å². The van der Waals surface area contributed by atoms with E-state index in [0.29, 0.717) is 12.8 Å². The molecule has 0 aliphatic heterocycles. The number of benzene rings is 1. The molecule has 1 aromatic carbocycles. The van der Waals surface area contributed by atoms with Gasteiger partial charge < -0.3 is 10.2 Å². The van der Waals surface area contributed by atoms with Crippen molar-refractivity contribution in [3.63, 3.8) is 0 Å². The molecule has 0 spiro atoms. The van der Waals surface area contributed by atoms with E-state index in [9.17, 15) is 9.90 Å². The summed E-state index contributed by atoms with van der Waals surface area (Å²) < 4.78 is 0. The Morgan fingerprint density at radius 3 is 2.73 bits per heavy atom. The van der Waals surface area contributed by atoms with Crippen LogP contribution in [0.15, 0.2) is 30.4 Å². The second-order valence-electron chi connectivity index (χ2n) is 7.61. The zero-order valence-corrected chi connectivity index (χ0v) is 16.6. The van der Waals surface area contributed by atoms with Crippen LogP contribution in [0.25, 0.3) is 0 Å². The van der Waals surface area contributed by atoms with Crippen LogP contribution >= 0.6 is 11.6 Å². The first-order valence-electron chi connectivity index (χ1n) is 9.63. The van der Waals surface area contributed by atoms with Crippen LogP contribution in [-0.4, -0.2) is 27.7 Å². The number of halogens is 1. The monoisotopic (exact) mass is 378 g/mol. The van der Waals surface area contributed by atoms with Gasteiger partial charge in [-0.05, 0) is 75.3 Å². The first-order chi connectivity index (χ1) is 12.4. The molecule has 0 heterocycles. The number of aliphatic carboxylic acids is 1. The summed E-state index contributed by atoms with van der Waals surface area (Å²) in [4.78, 5) is 10.5. The number of carbonyl (C=O) groups is 1. The quantitative estimate of drug-likeness (QED) is 0.359. The van der Waals surface area contributed by atoms with Crippen molar-refractivity contribution in [3.05, 3.63) is 47.0 Å². The summed E-state index contributed by atoms with van der Waals surface area (Å²) >= 11 is 6.51. The molecule has 144 valence electrons. The van der Waals surface area contributed by atoms with Gasteiger partial charge in [-0.25, -0.2) is 0 Å². The van der Waals surface area contributed by atoms with E-state index in [1.165, 1.54) is 16.7 Å². The third-order valence-electron chi connectivity index (χ3n) is 5.56. The topological polar surface area (TPSA) is 57.5 Å². The number of aliphatic hydroxyl groups is 1. The molecule has 0 unspecified atom stereocenters. The smallest absolute Gasteiger partial charge is 0.303 e. The fourth-order valence-corrected chi connectivity index (χ4v) is 4.53. The Balaban J connectivity index is 1.88. The Morgan fingerprint density at radius 1 is 1.27 bits per heavy atom. The van der Waals surface area contributed by atoms with E-state index < -0.39 is 5.97 Å². The van der Waals surface area contributed by atoms with Crippen LogP contribution < -0.4 is 0 Å². The maximum Gasteiger partial charge on any atom is 0.303 e. The molecule has 2 N–H and O–H groups in total. The number of carboxylic acid groups (broad SMARTS) is 1. The molecule has 0 saturated heterocycles. The number of carboxylic acids is 1. The summed E-state index contributed by atoms with van der Waals surface area (Å²) in [5.41, 5.74) is 3.94.